The maximum Gasteiger partial charge on any atom is 0.312 e. The summed E-state index contributed by atoms with van der Waals surface area (Å²) in [4.78, 5) is 0. The van der Waals surface area contributed by atoms with Crippen LogP contribution in [0.2, 0.25) is 0 Å². The van der Waals surface area contributed by atoms with Gasteiger partial charge < -0.3 is 19.1 Å². The predicted octanol–water partition coefficient (Wildman–Crippen LogP) is 2.27. The second-order valence-corrected chi connectivity index (χ2v) is 5.91. The smallest absolute Gasteiger partial charge is 0.312 e. The second-order valence-electron chi connectivity index (χ2n) is 5.91. The van der Waals surface area contributed by atoms with Crippen LogP contribution in [0.4, 0.5) is 0 Å². The minimum atomic E-state index is -0.538. The zero-order valence-electron chi connectivity index (χ0n) is 11.0. The molecule has 0 radical (unpaired) electrons. The number of hydrogen-bond donors (Lipinski definition) is 1. The first-order chi connectivity index (χ1) is 9.28. The molecule has 1 aliphatic heterocycles. The van der Waals surface area contributed by atoms with Gasteiger partial charge in [-0.3, -0.25) is 0 Å². The summed E-state index contributed by atoms with van der Waals surface area (Å²) in [5.74, 6) is -0.559. The monoisotopic (exact) mass is 265 g/mol. The van der Waals surface area contributed by atoms with Crippen LogP contribution in [0, 0.1) is 0 Å². The Hall–Kier alpha value is -1.07. The highest BCUT2D eigenvalue weighted by Crippen LogP contribution is 2.56. The first-order valence-corrected chi connectivity index (χ1v) is 7.23. The number of rotatable bonds is 0. The molecule has 0 unspecified atom stereocenters. The normalized spacial score (nSPS) is 32.8. The van der Waals surface area contributed by atoms with Gasteiger partial charge in [-0.2, -0.15) is 0 Å². The van der Waals surface area contributed by atoms with Gasteiger partial charge in [-0.25, -0.2) is 0 Å². The quantitative estimate of drug-likeness (QED) is 0.779. The van der Waals surface area contributed by atoms with Crippen molar-refractivity contribution in [2.45, 2.75) is 56.1 Å². The van der Waals surface area contributed by atoms with Crippen molar-refractivity contribution in [3.8, 4) is 5.95 Å². The molecule has 1 atom stereocenters. The summed E-state index contributed by atoms with van der Waals surface area (Å²) in [7, 11) is 0. The van der Waals surface area contributed by atoms with E-state index >= 15 is 0 Å². The molecule has 1 saturated heterocycles. The number of aromatic nitrogens is 1. The van der Waals surface area contributed by atoms with Crippen molar-refractivity contribution in [3.63, 3.8) is 0 Å². The molecule has 19 heavy (non-hydrogen) atoms. The molecule has 1 N–H and O–H groups in total. The van der Waals surface area contributed by atoms with Crippen molar-refractivity contribution in [3.05, 3.63) is 11.3 Å². The average molecular weight is 265 g/mol. The first-order valence-electron chi connectivity index (χ1n) is 7.23. The van der Waals surface area contributed by atoms with Crippen LogP contribution in [0.25, 0.3) is 0 Å². The van der Waals surface area contributed by atoms with Gasteiger partial charge in [0.05, 0.1) is 24.2 Å². The third-order valence-electron chi connectivity index (χ3n) is 5.09. The fourth-order valence-electron chi connectivity index (χ4n) is 4.29. The summed E-state index contributed by atoms with van der Waals surface area (Å²) in [6, 6.07) is 0. The number of nitrogens with zero attached hydrogens (tertiary/aromatic N) is 1. The molecule has 0 aromatic carbocycles. The van der Waals surface area contributed by atoms with Gasteiger partial charge in [-0.15, -0.1) is 0 Å². The van der Waals surface area contributed by atoms with E-state index in [1.54, 1.807) is 0 Å². The molecule has 5 nitrogen and oxygen atoms in total. The van der Waals surface area contributed by atoms with Gasteiger partial charge in [0, 0.05) is 6.42 Å². The number of ether oxygens (including phenoxy) is 2. The highest BCUT2D eigenvalue weighted by molar-refractivity contribution is 5.38. The third kappa shape index (κ3) is 1.40. The zero-order valence-corrected chi connectivity index (χ0v) is 11.0. The minimum Gasteiger partial charge on any atom is -0.479 e. The molecule has 4 rings (SSSR count). The van der Waals surface area contributed by atoms with Gasteiger partial charge in [-0.1, -0.05) is 11.6 Å². The van der Waals surface area contributed by atoms with Crippen molar-refractivity contribution in [2.24, 2.45) is 0 Å². The Bertz CT molecular complexity index is 492. The molecular weight excluding hydrogens is 246 g/mol. The van der Waals surface area contributed by atoms with E-state index in [9.17, 15) is 5.11 Å². The molecule has 2 spiro atoms. The van der Waals surface area contributed by atoms with E-state index in [2.05, 4.69) is 5.16 Å². The Kier molecular flexibility index (Phi) is 2.45. The maximum absolute atomic E-state index is 9.83. The molecule has 5 heteroatoms. The first kappa shape index (κ1) is 11.7. The van der Waals surface area contributed by atoms with Crippen LogP contribution < -0.4 is 0 Å². The summed E-state index contributed by atoms with van der Waals surface area (Å²) in [6.07, 6.45) is 7.07. The second kappa shape index (κ2) is 3.96. The number of fused-ring (bicyclic) bond motifs is 3. The molecule has 1 aromatic rings. The molecular formula is C14H19NO4. The molecule has 1 saturated carbocycles. The lowest BCUT2D eigenvalue weighted by Gasteiger charge is -2.50. The summed E-state index contributed by atoms with van der Waals surface area (Å²) in [5.41, 5.74) is 1.53. The van der Waals surface area contributed by atoms with Crippen molar-refractivity contribution < 1.29 is 19.1 Å². The van der Waals surface area contributed by atoms with Crippen LogP contribution in [0.15, 0.2) is 4.52 Å². The van der Waals surface area contributed by atoms with Crippen molar-refractivity contribution in [1.29, 1.82) is 0 Å². The van der Waals surface area contributed by atoms with Crippen LogP contribution in [-0.4, -0.2) is 29.3 Å². The van der Waals surface area contributed by atoms with E-state index in [1.807, 2.05) is 0 Å². The fraction of sp³-hybridized carbons (Fsp3) is 0.786. The Morgan fingerprint density at radius 2 is 1.74 bits per heavy atom. The van der Waals surface area contributed by atoms with E-state index in [0.29, 0.717) is 13.2 Å². The number of hydrogen-bond acceptors (Lipinski definition) is 5. The van der Waals surface area contributed by atoms with Crippen molar-refractivity contribution >= 4 is 0 Å². The van der Waals surface area contributed by atoms with Crippen LogP contribution in [-0.2, 0) is 21.3 Å². The van der Waals surface area contributed by atoms with E-state index in [-0.39, 0.29) is 11.4 Å². The largest absolute Gasteiger partial charge is 0.479 e. The lowest BCUT2D eigenvalue weighted by atomic mass is 9.61. The standard InChI is InChI=1S/C14H19NO4/c16-12-10-4-3-6-13(11(10)15-19-12)5-1-2-7-14(13)17-8-9-18-14/h16H,1-9H2/t13-/m0/s1. The Labute approximate surface area is 111 Å². The molecule has 2 aliphatic carbocycles. The summed E-state index contributed by atoms with van der Waals surface area (Å²) in [5, 5.41) is 14.0. The Morgan fingerprint density at radius 1 is 1.00 bits per heavy atom. The lowest BCUT2D eigenvalue weighted by molar-refractivity contribution is -0.231. The van der Waals surface area contributed by atoms with Gasteiger partial charge in [0.2, 0.25) is 0 Å². The third-order valence-corrected chi connectivity index (χ3v) is 5.09. The minimum absolute atomic E-state index is 0.0206. The van der Waals surface area contributed by atoms with E-state index in [0.717, 1.165) is 56.2 Å². The predicted molar refractivity (Wildman–Crippen MR) is 65.9 cm³/mol. The van der Waals surface area contributed by atoms with E-state index < -0.39 is 5.79 Å². The topological polar surface area (TPSA) is 64.7 Å². The van der Waals surface area contributed by atoms with E-state index in [4.69, 9.17) is 14.0 Å². The molecule has 3 aliphatic rings. The van der Waals surface area contributed by atoms with E-state index in [1.165, 1.54) is 0 Å². The van der Waals surface area contributed by atoms with Gasteiger partial charge in [0.15, 0.2) is 5.79 Å². The van der Waals surface area contributed by atoms with Gasteiger partial charge in [-0.05, 0) is 32.1 Å². The maximum atomic E-state index is 9.83. The molecule has 1 aromatic heterocycles. The Balaban J connectivity index is 1.87. The highest BCUT2D eigenvalue weighted by atomic mass is 16.7. The fourth-order valence-corrected chi connectivity index (χ4v) is 4.29. The van der Waals surface area contributed by atoms with Crippen LogP contribution in [0.5, 0.6) is 5.95 Å². The van der Waals surface area contributed by atoms with Crippen LogP contribution >= 0.6 is 0 Å². The average Bonchev–Trinajstić information content (AvgIpc) is 3.04. The summed E-state index contributed by atoms with van der Waals surface area (Å²) < 4.78 is 17.2. The summed E-state index contributed by atoms with van der Waals surface area (Å²) in [6.45, 7) is 1.31. The molecule has 0 bridgehead atoms. The van der Waals surface area contributed by atoms with Gasteiger partial charge >= 0.3 is 5.95 Å². The lowest BCUT2D eigenvalue weighted by Crippen LogP contribution is -2.56. The van der Waals surface area contributed by atoms with Gasteiger partial charge in [0.1, 0.15) is 5.69 Å². The van der Waals surface area contributed by atoms with Crippen LogP contribution in [0.1, 0.15) is 49.8 Å². The summed E-state index contributed by atoms with van der Waals surface area (Å²) >= 11 is 0. The Morgan fingerprint density at radius 3 is 2.58 bits per heavy atom. The van der Waals surface area contributed by atoms with Gasteiger partial charge in [0.25, 0.3) is 0 Å². The SMILES string of the molecule is Oc1onc2c1CCC[C@@]21CCCCC12OCCO2. The zero-order chi connectivity index (χ0) is 12.9. The number of aromatic hydroxyl groups is 1. The molecule has 2 heterocycles. The highest BCUT2D eigenvalue weighted by Gasteiger charge is 2.61. The molecule has 2 fully saturated rings. The molecule has 104 valence electrons. The van der Waals surface area contributed by atoms with Crippen LogP contribution in [0.3, 0.4) is 0 Å². The van der Waals surface area contributed by atoms with Crippen molar-refractivity contribution in [2.75, 3.05) is 13.2 Å². The van der Waals surface area contributed by atoms with Crippen molar-refractivity contribution in [1.82, 2.24) is 5.16 Å². The molecule has 0 amide bonds.